The predicted octanol–water partition coefficient (Wildman–Crippen LogP) is 8.80. The van der Waals surface area contributed by atoms with Crippen molar-refractivity contribution >= 4 is 11.1 Å². The number of aliphatic hydroxyl groups excluding tert-OH is 1. The second-order valence-electron chi connectivity index (χ2n) is 10.0. The van der Waals surface area contributed by atoms with Crippen molar-refractivity contribution in [3.63, 3.8) is 0 Å². The lowest BCUT2D eigenvalue weighted by molar-refractivity contribution is 0.298. The molecule has 0 amide bonds. The summed E-state index contributed by atoms with van der Waals surface area (Å²) in [5, 5.41) is 10.5. The SMILES string of the molecule is COc1ccc(C(=C(CCO)C(C=C(c2ccccc2)c2ccccc2)c2ccccc2)c2ccc(OC)cc2)cc1. The highest BCUT2D eigenvalue weighted by atomic mass is 16.5. The summed E-state index contributed by atoms with van der Waals surface area (Å²) >= 11 is 0. The number of benzene rings is 5. The number of rotatable bonds is 11. The monoisotopic (exact) mass is 552 g/mol. The molecule has 0 aromatic heterocycles. The Morgan fingerprint density at radius 3 is 1.40 bits per heavy atom. The molecule has 0 saturated heterocycles. The second-order valence-corrected chi connectivity index (χ2v) is 10.0. The average Bonchev–Trinajstić information content (AvgIpc) is 3.07. The van der Waals surface area contributed by atoms with Crippen molar-refractivity contribution in [3.05, 3.63) is 179 Å². The molecule has 1 N–H and O–H groups in total. The number of ether oxygens (including phenoxy) is 2. The van der Waals surface area contributed by atoms with Gasteiger partial charge in [-0.2, -0.15) is 0 Å². The van der Waals surface area contributed by atoms with E-state index in [9.17, 15) is 5.11 Å². The van der Waals surface area contributed by atoms with E-state index in [1.807, 2.05) is 42.5 Å². The van der Waals surface area contributed by atoms with Gasteiger partial charge in [-0.25, -0.2) is 0 Å². The van der Waals surface area contributed by atoms with Crippen molar-refractivity contribution in [3.8, 4) is 11.5 Å². The summed E-state index contributed by atoms with van der Waals surface area (Å²) < 4.78 is 11.0. The molecule has 42 heavy (non-hydrogen) atoms. The molecule has 1 atom stereocenters. The van der Waals surface area contributed by atoms with E-state index in [-0.39, 0.29) is 12.5 Å². The van der Waals surface area contributed by atoms with E-state index in [1.54, 1.807) is 14.2 Å². The molecule has 3 nitrogen and oxygen atoms in total. The molecular weight excluding hydrogens is 516 g/mol. The summed E-state index contributed by atoms with van der Waals surface area (Å²) in [5.74, 6) is 1.48. The van der Waals surface area contributed by atoms with Crippen LogP contribution in [0.4, 0.5) is 0 Å². The van der Waals surface area contributed by atoms with Gasteiger partial charge in [0.15, 0.2) is 0 Å². The topological polar surface area (TPSA) is 38.7 Å². The van der Waals surface area contributed by atoms with Crippen molar-refractivity contribution < 1.29 is 14.6 Å². The van der Waals surface area contributed by atoms with Crippen LogP contribution < -0.4 is 9.47 Å². The zero-order chi connectivity index (χ0) is 29.1. The van der Waals surface area contributed by atoms with Gasteiger partial charge in [0.05, 0.1) is 14.2 Å². The van der Waals surface area contributed by atoms with Crippen LogP contribution >= 0.6 is 0 Å². The first-order valence-corrected chi connectivity index (χ1v) is 14.2. The lowest BCUT2D eigenvalue weighted by atomic mass is 9.79. The zero-order valence-electron chi connectivity index (χ0n) is 24.1. The van der Waals surface area contributed by atoms with Gasteiger partial charge >= 0.3 is 0 Å². The highest BCUT2D eigenvalue weighted by Crippen LogP contribution is 2.41. The van der Waals surface area contributed by atoms with Crippen LogP contribution in [-0.2, 0) is 0 Å². The van der Waals surface area contributed by atoms with Crippen molar-refractivity contribution in [1.29, 1.82) is 0 Å². The standard InChI is InChI=1S/C39H36O3/c1-41-34-22-18-32(19-23-34)39(33-20-24-35(42-2)25-21-33)36(26-27-40)38(31-16-10-5-11-17-31)28-37(29-12-6-3-7-13-29)30-14-8-4-9-15-30/h3-25,28,38,40H,26-27H2,1-2H3. The molecule has 0 aliphatic carbocycles. The van der Waals surface area contributed by atoms with E-state index < -0.39 is 0 Å². The molecule has 0 aliphatic rings. The summed E-state index contributed by atoms with van der Waals surface area (Å²) in [6.45, 7) is 0.0221. The third-order valence-electron chi connectivity index (χ3n) is 7.50. The smallest absolute Gasteiger partial charge is 0.118 e. The van der Waals surface area contributed by atoms with Crippen LogP contribution in [0.2, 0.25) is 0 Å². The molecule has 0 radical (unpaired) electrons. The molecule has 0 aliphatic heterocycles. The lowest BCUT2D eigenvalue weighted by Gasteiger charge is -2.25. The molecule has 5 aromatic carbocycles. The second kappa shape index (κ2) is 14.2. The average molecular weight is 553 g/mol. The van der Waals surface area contributed by atoms with Crippen molar-refractivity contribution in [2.24, 2.45) is 0 Å². The van der Waals surface area contributed by atoms with Crippen molar-refractivity contribution in [1.82, 2.24) is 0 Å². The maximum atomic E-state index is 10.5. The van der Waals surface area contributed by atoms with Gasteiger partial charge in [-0.05, 0) is 75.2 Å². The van der Waals surface area contributed by atoms with Gasteiger partial charge in [0.25, 0.3) is 0 Å². The molecule has 0 heterocycles. The highest BCUT2D eigenvalue weighted by molar-refractivity contribution is 5.86. The molecular formula is C39H36O3. The predicted molar refractivity (Wildman–Crippen MR) is 173 cm³/mol. The molecule has 5 aromatic rings. The molecule has 3 heteroatoms. The maximum absolute atomic E-state index is 10.5. The summed E-state index contributed by atoms with van der Waals surface area (Å²) in [7, 11) is 3.36. The fourth-order valence-corrected chi connectivity index (χ4v) is 5.43. The molecule has 0 bridgehead atoms. The van der Waals surface area contributed by atoms with Gasteiger partial charge in [0.1, 0.15) is 11.5 Å². The van der Waals surface area contributed by atoms with E-state index in [4.69, 9.17) is 9.47 Å². The number of hydrogen-bond acceptors (Lipinski definition) is 3. The Morgan fingerprint density at radius 2 is 1.00 bits per heavy atom. The van der Waals surface area contributed by atoms with Crippen LogP contribution in [0, 0.1) is 0 Å². The summed E-state index contributed by atoms with van der Waals surface area (Å²) in [6, 6.07) is 47.9. The number of hydrogen-bond donors (Lipinski definition) is 1. The minimum Gasteiger partial charge on any atom is -0.497 e. The minimum atomic E-state index is -0.118. The van der Waals surface area contributed by atoms with Gasteiger partial charge in [0, 0.05) is 12.5 Å². The fraction of sp³-hybridized carbons (Fsp3) is 0.128. The molecule has 0 spiro atoms. The van der Waals surface area contributed by atoms with Crippen LogP contribution in [0.15, 0.2) is 151 Å². The minimum absolute atomic E-state index is 0.0221. The molecule has 210 valence electrons. The van der Waals surface area contributed by atoms with E-state index >= 15 is 0 Å². The Hall–Kier alpha value is -4.86. The Bertz CT molecular complexity index is 1510. The zero-order valence-corrected chi connectivity index (χ0v) is 24.1. The molecule has 0 fully saturated rings. The summed E-state index contributed by atoms with van der Waals surface area (Å²) in [5.41, 5.74) is 8.91. The Balaban J connectivity index is 1.83. The van der Waals surface area contributed by atoms with E-state index in [0.29, 0.717) is 6.42 Å². The third-order valence-corrected chi connectivity index (χ3v) is 7.50. The van der Waals surface area contributed by atoms with Crippen LogP contribution in [0.5, 0.6) is 11.5 Å². The van der Waals surface area contributed by atoms with E-state index in [1.165, 1.54) is 0 Å². The van der Waals surface area contributed by atoms with E-state index in [0.717, 1.165) is 56.0 Å². The summed E-state index contributed by atoms with van der Waals surface area (Å²) in [6.07, 6.45) is 2.86. The van der Waals surface area contributed by atoms with Crippen LogP contribution in [-0.4, -0.2) is 25.9 Å². The van der Waals surface area contributed by atoms with Crippen LogP contribution in [0.1, 0.15) is 40.2 Å². The van der Waals surface area contributed by atoms with Crippen molar-refractivity contribution in [2.45, 2.75) is 12.3 Å². The van der Waals surface area contributed by atoms with Gasteiger partial charge < -0.3 is 14.6 Å². The molecule has 0 saturated carbocycles. The normalized spacial score (nSPS) is 11.3. The van der Waals surface area contributed by atoms with Crippen molar-refractivity contribution in [2.75, 3.05) is 20.8 Å². The number of aliphatic hydroxyl groups is 1. The Kier molecular flexibility index (Phi) is 9.66. The molecule has 1 unspecified atom stereocenters. The fourth-order valence-electron chi connectivity index (χ4n) is 5.43. The van der Waals surface area contributed by atoms with Gasteiger partial charge in [-0.1, -0.05) is 121 Å². The van der Waals surface area contributed by atoms with Gasteiger partial charge in [-0.15, -0.1) is 0 Å². The number of allylic oxidation sites excluding steroid dienone is 1. The Labute approximate surface area is 249 Å². The Morgan fingerprint density at radius 1 is 0.571 bits per heavy atom. The van der Waals surface area contributed by atoms with Crippen LogP contribution in [0.25, 0.3) is 11.1 Å². The quantitative estimate of drug-likeness (QED) is 0.178. The first-order chi connectivity index (χ1) is 20.7. The van der Waals surface area contributed by atoms with Crippen LogP contribution in [0.3, 0.4) is 0 Å². The highest BCUT2D eigenvalue weighted by Gasteiger charge is 2.22. The maximum Gasteiger partial charge on any atom is 0.118 e. The first kappa shape index (κ1) is 28.7. The lowest BCUT2D eigenvalue weighted by Crippen LogP contribution is -2.08. The van der Waals surface area contributed by atoms with E-state index in [2.05, 4.69) is 103 Å². The van der Waals surface area contributed by atoms with Gasteiger partial charge in [-0.3, -0.25) is 0 Å². The third kappa shape index (κ3) is 6.71. The first-order valence-electron chi connectivity index (χ1n) is 14.2. The largest absolute Gasteiger partial charge is 0.497 e. The summed E-state index contributed by atoms with van der Waals surface area (Å²) in [4.78, 5) is 0. The number of methoxy groups -OCH3 is 2. The molecule has 5 rings (SSSR count). The van der Waals surface area contributed by atoms with Gasteiger partial charge in [0.2, 0.25) is 0 Å².